The molecule has 1 amide bonds. The lowest BCUT2D eigenvalue weighted by atomic mass is 9.77. The van der Waals surface area contributed by atoms with Crippen LogP contribution in [0.3, 0.4) is 0 Å². The fourth-order valence-electron chi connectivity index (χ4n) is 4.91. The summed E-state index contributed by atoms with van der Waals surface area (Å²) in [6, 6.07) is 10.9. The second-order valence-corrected chi connectivity index (χ2v) is 7.60. The molecule has 3 heterocycles. The van der Waals surface area contributed by atoms with Crippen molar-refractivity contribution in [3.8, 4) is 5.75 Å². The minimum atomic E-state index is -1.01. The molecule has 2 aromatic rings. The summed E-state index contributed by atoms with van der Waals surface area (Å²) in [6.07, 6.45) is 3.06. The van der Waals surface area contributed by atoms with E-state index in [1.165, 1.54) is 0 Å². The zero-order chi connectivity index (χ0) is 18.9. The van der Waals surface area contributed by atoms with Gasteiger partial charge in [0.2, 0.25) is 5.91 Å². The third-order valence-electron chi connectivity index (χ3n) is 6.26. The molecule has 1 spiro atoms. The number of fused-ring (bicyclic) bond motifs is 2. The number of benzene rings is 2. The number of rotatable bonds is 3. The Morgan fingerprint density at radius 3 is 2.85 bits per heavy atom. The van der Waals surface area contributed by atoms with Crippen LogP contribution in [0.5, 0.6) is 5.75 Å². The zero-order valence-corrected chi connectivity index (χ0v) is 14.7. The average molecular weight is 365 g/mol. The number of nitrogens with zero attached hydrogens (tertiary/aromatic N) is 1. The van der Waals surface area contributed by atoms with E-state index in [0.29, 0.717) is 12.1 Å². The summed E-state index contributed by atoms with van der Waals surface area (Å²) in [5, 5.41) is 22.0. The Balaban J connectivity index is 1.53. The molecular weight excluding hydrogens is 346 g/mol. The van der Waals surface area contributed by atoms with Gasteiger partial charge in [-0.05, 0) is 12.3 Å². The van der Waals surface area contributed by atoms with Crippen LogP contribution in [-0.2, 0) is 14.3 Å². The fraction of sp³-hybridized carbons (Fsp3) is 0.333. The molecule has 0 aromatic heterocycles. The van der Waals surface area contributed by atoms with Gasteiger partial charge in [0.1, 0.15) is 17.3 Å². The number of carboxylic acids is 1. The summed E-state index contributed by atoms with van der Waals surface area (Å²) >= 11 is 0. The first kappa shape index (κ1) is 16.3. The number of hydrogen-bond donors (Lipinski definition) is 2. The smallest absolute Gasteiger partial charge is 0.310 e. The number of amides is 1. The van der Waals surface area contributed by atoms with E-state index in [9.17, 15) is 19.8 Å². The van der Waals surface area contributed by atoms with Crippen LogP contribution in [0, 0.1) is 11.8 Å². The second kappa shape index (κ2) is 5.33. The molecule has 27 heavy (non-hydrogen) atoms. The Morgan fingerprint density at radius 1 is 1.30 bits per heavy atom. The number of carbonyl (C=O) groups is 2. The highest BCUT2D eigenvalue weighted by molar-refractivity contribution is 5.92. The largest absolute Gasteiger partial charge is 0.507 e. The summed E-state index contributed by atoms with van der Waals surface area (Å²) in [4.78, 5) is 26.5. The van der Waals surface area contributed by atoms with E-state index < -0.39 is 35.6 Å². The molecule has 2 aromatic carbocycles. The molecule has 138 valence electrons. The van der Waals surface area contributed by atoms with E-state index in [-0.39, 0.29) is 11.7 Å². The van der Waals surface area contributed by atoms with Crippen LogP contribution in [0.1, 0.15) is 18.5 Å². The molecule has 6 heteroatoms. The summed E-state index contributed by atoms with van der Waals surface area (Å²) in [7, 11) is 0. The van der Waals surface area contributed by atoms with Gasteiger partial charge in [-0.15, -0.1) is 0 Å². The molecule has 3 aliphatic heterocycles. The molecule has 5 rings (SSSR count). The molecule has 2 fully saturated rings. The lowest BCUT2D eigenvalue weighted by molar-refractivity contribution is -0.148. The summed E-state index contributed by atoms with van der Waals surface area (Å²) in [5.41, 5.74) is -0.227. The van der Waals surface area contributed by atoms with Crippen LogP contribution >= 0.6 is 0 Å². The number of aliphatic carboxylic acids is 1. The van der Waals surface area contributed by atoms with Crippen molar-refractivity contribution in [2.75, 3.05) is 6.54 Å². The number of hydrogen-bond acceptors (Lipinski definition) is 4. The number of aromatic hydroxyl groups is 1. The quantitative estimate of drug-likeness (QED) is 0.816. The van der Waals surface area contributed by atoms with Gasteiger partial charge in [0.25, 0.3) is 0 Å². The van der Waals surface area contributed by atoms with Gasteiger partial charge >= 0.3 is 5.97 Å². The van der Waals surface area contributed by atoms with Crippen molar-refractivity contribution in [3.63, 3.8) is 0 Å². The van der Waals surface area contributed by atoms with Gasteiger partial charge < -0.3 is 19.8 Å². The molecule has 2 saturated heterocycles. The maximum atomic E-state index is 13.1. The van der Waals surface area contributed by atoms with E-state index in [1.807, 2.05) is 49.4 Å². The van der Waals surface area contributed by atoms with Crippen molar-refractivity contribution in [1.29, 1.82) is 0 Å². The molecule has 0 saturated carbocycles. The monoisotopic (exact) mass is 365 g/mol. The third-order valence-corrected chi connectivity index (χ3v) is 6.26. The maximum absolute atomic E-state index is 13.1. The van der Waals surface area contributed by atoms with Crippen molar-refractivity contribution >= 4 is 22.6 Å². The topological polar surface area (TPSA) is 87.1 Å². The normalized spacial score (nSPS) is 32.3. The highest BCUT2D eigenvalue weighted by atomic mass is 16.5. The predicted octanol–water partition coefficient (Wildman–Crippen LogP) is 2.47. The lowest BCUT2D eigenvalue weighted by Crippen LogP contribution is -2.39. The fourth-order valence-corrected chi connectivity index (χ4v) is 4.91. The lowest BCUT2D eigenvalue weighted by Gasteiger charge is -2.28. The molecule has 5 atom stereocenters. The highest BCUT2D eigenvalue weighted by Gasteiger charge is 2.67. The minimum absolute atomic E-state index is 0.151. The van der Waals surface area contributed by atoms with Gasteiger partial charge in [0, 0.05) is 10.9 Å². The molecule has 6 nitrogen and oxygen atoms in total. The number of carbonyl (C=O) groups excluding carboxylic acids is 1. The molecule has 2 bridgehead atoms. The zero-order valence-electron chi connectivity index (χ0n) is 14.7. The number of phenols is 1. The first-order valence-corrected chi connectivity index (χ1v) is 9.04. The van der Waals surface area contributed by atoms with Gasteiger partial charge in [-0.1, -0.05) is 48.6 Å². The van der Waals surface area contributed by atoms with E-state index in [2.05, 4.69) is 0 Å². The molecule has 0 radical (unpaired) electrons. The Hall–Kier alpha value is -2.86. The van der Waals surface area contributed by atoms with Crippen molar-refractivity contribution in [1.82, 2.24) is 4.90 Å². The maximum Gasteiger partial charge on any atom is 0.310 e. The van der Waals surface area contributed by atoms with Crippen molar-refractivity contribution in [2.24, 2.45) is 11.8 Å². The van der Waals surface area contributed by atoms with Gasteiger partial charge in [0.15, 0.2) is 0 Å². The van der Waals surface area contributed by atoms with E-state index in [0.717, 1.165) is 10.8 Å². The Labute approximate surface area is 155 Å². The predicted molar refractivity (Wildman–Crippen MR) is 97.1 cm³/mol. The Bertz CT molecular complexity index is 1010. The first-order valence-electron chi connectivity index (χ1n) is 9.04. The molecule has 0 aliphatic carbocycles. The number of ether oxygens (including phenoxy) is 1. The summed E-state index contributed by atoms with van der Waals surface area (Å²) < 4.78 is 5.93. The highest BCUT2D eigenvalue weighted by Crippen LogP contribution is 2.53. The van der Waals surface area contributed by atoms with Gasteiger partial charge in [-0.2, -0.15) is 0 Å². The van der Waals surface area contributed by atoms with Crippen LogP contribution in [-0.4, -0.2) is 45.2 Å². The molecule has 2 N–H and O–H groups in total. The standard InChI is InChI=1S/C21H19NO5/c1-11(13-7-6-12-4-2-3-5-14(12)18(13)23)22-10-21-9-8-15(27-21)16(20(25)26)17(21)19(22)24/h2-9,11,15-17,23H,10H2,1H3,(H,25,26). The van der Waals surface area contributed by atoms with Crippen LogP contribution < -0.4 is 0 Å². The van der Waals surface area contributed by atoms with E-state index in [1.54, 1.807) is 11.0 Å². The molecular formula is C21H19NO5. The third kappa shape index (κ3) is 2.04. The molecule has 5 unspecified atom stereocenters. The number of likely N-dealkylation sites (tertiary alicyclic amines) is 1. The Kier molecular flexibility index (Phi) is 3.22. The van der Waals surface area contributed by atoms with E-state index in [4.69, 9.17) is 4.74 Å². The number of carboxylic acid groups (broad SMARTS) is 1. The van der Waals surface area contributed by atoms with Crippen LogP contribution in [0.15, 0.2) is 48.6 Å². The minimum Gasteiger partial charge on any atom is -0.507 e. The van der Waals surface area contributed by atoms with Crippen LogP contribution in [0.2, 0.25) is 0 Å². The first-order chi connectivity index (χ1) is 12.9. The average Bonchev–Trinajstić information content (AvgIpc) is 3.30. The Morgan fingerprint density at radius 2 is 2.07 bits per heavy atom. The van der Waals surface area contributed by atoms with Crippen LogP contribution in [0.4, 0.5) is 0 Å². The van der Waals surface area contributed by atoms with Gasteiger partial charge in [0.05, 0.1) is 24.6 Å². The SMILES string of the molecule is CC(c1ccc2ccccc2c1O)N1CC23C=CC(O2)C(C(=O)O)C3C1=O. The van der Waals surface area contributed by atoms with Crippen LogP contribution in [0.25, 0.3) is 10.8 Å². The molecule has 3 aliphatic rings. The van der Waals surface area contributed by atoms with Crippen molar-refractivity contribution < 1.29 is 24.5 Å². The van der Waals surface area contributed by atoms with Gasteiger partial charge in [-0.25, -0.2) is 0 Å². The number of phenolic OH excluding ortho intramolecular Hbond substituents is 1. The summed E-state index contributed by atoms with van der Waals surface area (Å²) in [5.74, 6) is -2.65. The van der Waals surface area contributed by atoms with Gasteiger partial charge in [-0.3, -0.25) is 9.59 Å². The second-order valence-electron chi connectivity index (χ2n) is 7.60. The van der Waals surface area contributed by atoms with Crippen molar-refractivity contribution in [2.45, 2.75) is 24.7 Å². The van der Waals surface area contributed by atoms with Crippen molar-refractivity contribution in [3.05, 3.63) is 54.1 Å². The van der Waals surface area contributed by atoms with E-state index >= 15 is 0 Å². The summed E-state index contributed by atoms with van der Waals surface area (Å²) in [6.45, 7) is 2.14.